The van der Waals surface area contributed by atoms with Crippen molar-refractivity contribution >= 4 is 0 Å². The van der Waals surface area contributed by atoms with E-state index in [1.165, 1.54) is 51.4 Å². The summed E-state index contributed by atoms with van der Waals surface area (Å²) in [6.45, 7) is -0.186. The third-order valence-electron chi connectivity index (χ3n) is 3.67. The average molecular weight is 295 g/mol. The summed E-state index contributed by atoms with van der Waals surface area (Å²) in [7, 11) is 0. The highest BCUT2D eigenvalue weighted by atomic mass is 16.3. The van der Waals surface area contributed by atoms with Crippen molar-refractivity contribution in [3.8, 4) is 12.3 Å². The number of aliphatic hydroxyl groups excluding tert-OH is 2. The maximum absolute atomic E-state index is 9.51. The van der Waals surface area contributed by atoms with Crippen LogP contribution in [-0.4, -0.2) is 29.0 Å². The molecule has 0 fully saturated rings. The fourth-order valence-corrected chi connectivity index (χ4v) is 2.21. The second-order valence-electron chi connectivity index (χ2n) is 5.69. The predicted octanol–water partition coefficient (Wildman–Crippen LogP) is 3.15. The summed E-state index contributed by atoms with van der Waals surface area (Å²) < 4.78 is 0. The Morgan fingerprint density at radius 1 is 0.952 bits per heavy atom. The maximum Gasteiger partial charge on any atom is 0.0894 e. The zero-order valence-corrected chi connectivity index (χ0v) is 13.3. The Hall–Kier alpha value is -0.820. The van der Waals surface area contributed by atoms with Crippen molar-refractivity contribution in [2.24, 2.45) is 5.73 Å². The third kappa shape index (κ3) is 13.9. The molecule has 0 rings (SSSR count). The monoisotopic (exact) mass is 295 g/mol. The Bertz CT molecular complexity index is 283. The van der Waals surface area contributed by atoms with Crippen LogP contribution in [0.4, 0.5) is 0 Å². The molecule has 2 atom stereocenters. The minimum Gasteiger partial charge on any atom is -0.395 e. The van der Waals surface area contributed by atoms with E-state index in [1.54, 1.807) is 6.08 Å². The zero-order valence-electron chi connectivity index (χ0n) is 13.3. The van der Waals surface area contributed by atoms with E-state index in [2.05, 4.69) is 5.92 Å². The first-order valence-corrected chi connectivity index (χ1v) is 8.37. The van der Waals surface area contributed by atoms with Crippen molar-refractivity contribution in [1.82, 2.24) is 0 Å². The summed E-state index contributed by atoms with van der Waals surface area (Å²) in [6, 6.07) is -0.568. The Balaban J connectivity index is 3.22. The molecule has 0 heterocycles. The molecule has 0 aromatic heterocycles. The molecule has 3 nitrogen and oxygen atoms in total. The van der Waals surface area contributed by atoms with E-state index in [0.717, 1.165) is 19.3 Å². The molecule has 0 aliphatic rings. The van der Waals surface area contributed by atoms with Gasteiger partial charge in [-0.15, -0.1) is 12.3 Å². The van der Waals surface area contributed by atoms with Gasteiger partial charge in [0.25, 0.3) is 0 Å². The molecule has 0 aliphatic heterocycles. The fourth-order valence-electron chi connectivity index (χ4n) is 2.21. The Labute approximate surface area is 130 Å². The van der Waals surface area contributed by atoms with Crippen LogP contribution < -0.4 is 5.73 Å². The Morgan fingerprint density at radius 2 is 1.48 bits per heavy atom. The van der Waals surface area contributed by atoms with Gasteiger partial charge < -0.3 is 15.9 Å². The van der Waals surface area contributed by atoms with Gasteiger partial charge in [-0.3, -0.25) is 0 Å². The number of aliphatic hydroxyl groups is 2. The first kappa shape index (κ1) is 20.2. The smallest absolute Gasteiger partial charge is 0.0894 e. The zero-order chi connectivity index (χ0) is 15.8. The van der Waals surface area contributed by atoms with Crippen molar-refractivity contribution in [2.75, 3.05) is 6.61 Å². The van der Waals surface area contributed by atoms with E-state index in [0.29, 0.717) is 0 Å². The lowest BCUT2D eigenvalue weighted by Crippen LogP contribution is -2.36. The topological polar surface area (TPSA) is 66.5 Å². The second kappa shape index (κ2) is 15.6. The fraction of sp³-hybridized carbons (Fsp3) is 0.778. The van der Waals surface area contributed by atoms with Gasteiger partial charge in [0.2, 0.25) is 0 Å². The third-order valence-corrected chi connectivity index (χ3v) is 3.67. The van der Waals surface area contributed by atoms with Crippen molar-refractivity contribution in [3.63, 3.8) is 0 Å². The van der Waals surface area contributed by atoms with Crippen molar-refractivity contribution < 1.29 is 10.2 Å². The van der Waals surface area contributed by atoms with E-state index in [-0.39, 0.29) is 6.61 Å². The van der Waals surface area contributed by atoms with E-state index >= 15 is 0 Å². The molecule has 0 unspecified atom stereocenters. The molecule has 0 aromatic rings. The molecule has 0 saturated heterocycles. The van der Waals surface area contributed by atoms with Gasteiger partial charge in [0.05, 0.1) is 18.8 Å². The van der Waals surface area contributed by atoms with Gasteiger partial charge in [-0.1, -0.05) is 57.1 Å². The van der Waals surface area contributed by atoms with E-state index in [9.17, 15) is 5.11 Å². The molecule has 0 saturated carbocycles. The van der Waals surface area contributed by atoms with Gasteiger partial charge in [-0.05, 0) is 19.3 Å². The average Bonchev–Trinajstić information content (AvgIpc) is 2.50. The lowest BCUT2D eigenvalue weighted by atomic mass is 10.1. The number of terminal acetylenes is 1. The molecule has 0 aromatic carbocycles. The summed E-state index contributed by atoms with van der Waals surface area (Å²) in [4.78, 5) is 0. The largest absolute Gasteiger partial charge is 0.395 e. The summed E-state index contributed by atoms with van der Waals surface area (Å²) in [5.41, 5.74) is 5.50. The van der Waals surface area contributed by atoms with Gasteiger partial charge >= 0.3 is 0 Å². The van der Waals surface area contributed by atoms with Gasteiger partial charge in [0, 0.05) is 6.42 Å². The maximum atomic E-state index is 9.51. The molecule has 0 radical (unpaired) electrons. The van der Waals surface area contributed by atoms with Crippen molar-refractivity contribution in [3.05, 3.63) is 12.2 Å². The summed E-state index contributed by atoms with van der Waals surface area (Å²) in [6.07, 6.45) is 21.4. The van der Waals surface area contributed by atoms with Crippen LogP contribution in [0.25, 0.3) is 0 Å². The van der Waals surface area contributed by atoms with Gasteiger partial charge in [0.15, 0.2) is 0 Å². The molecule has 0 bridgehead atoms. The quantitative estimate of drug-likeness (QED) is 0.262. The highest BCUT2D eigenvalue weighted by molar-refractivity contribution is 4.93. The summed E-state index contributed by atoms with van der Waals surface area (Å²) >= 11 is 0. The lowest BCUT2D eigenvalue weighted by molar-refractivity contribution is 0.144. The molecule has 21 heavy (non-hydrogen) atoms. The van der Waals surface area contributed by atoms with Crippen LogP contribution in [-0.2, 0) is 0 Å². The molecule has 4 N–H and O–H groups in total. The SMILES string of the molecule is C#CCCCCCCCCCCC/C=C/[C@@H](O)[C@@H](N)CO. The van der Waals surface area contributed by atoms with Gasteiger partial charge in [-0.2, -0.15) is 0 Å². The number of unbranched alkanes of at least 4 members (excludes halogenated alkanes) is 10. The Morgan fingerprint density at radius 3 is 2.00 bits per heavy atom. The van der Waals surface area contributed by atoms with Crippen LogP contribution in [0.1, 0.15) is 70.6 Å². The van der Waals surface area contributed by atoms with E-state index in [1.807, 2.05) is 6.08 Å². The standard InChI is InChI=1S/C18H33NO2/c1-2-3-4-5-6-7-8-9-10-11-12-13-14-15-18(21)17(19)16-20/h1,14-15,17-18,20-21H,3-13,16,19H2/b15-14+/t17-,18+/m0/s1. The number of allylic oxidation sites excluding steroid dienone is 1. The van der Waals surface area contributed by atoms with Crippen LogP contribution in [0, 0.1) is 12.3 Å². The predicted molar refractivity (Wildman–Crippen MR) is 89.8 cm³/mol. The summed E-state index contributed by atoms with van der Waals surface area (Å²) in [5.74, 6) is 2.68. The second-order valence-corrected chi connectivity index (χ2v) is 5.69. The normalized spacial score (nSPS) is 14.2. The number of hydrogen-bond acceptors (Lipinski definition) is 3. The van der Waals surface area contributed by atoms with Gasteiger partial charge in [-0.25, -0.2) is 0 Å². The lowest BCUT2D eigenvalue weighted by Gasteiger charge is -2.11. The highest BCUT2D eigenvalue weighted by Gasteiger charge is 2.08. The first-order chi connectivity index (χ1) is 10.2. The number of hydrogen-bond donors (Lipinski definition) is 3. The molecular formula is C18H33NO2. The van der Waals surface area contributed by atoms with Crippen molar-refractivity contribution in [2.45, 2.75) is 82.8 Å². The van der Waals surface area contributed by atoms with Crippen LogP contribution >= 0.6 is 0 Å². The molecule has 0 spiro atoms. The van der Waals surface area contributed by atoms with E-state index in [4.69, 9.17) is 17.3 Å². The van der Waals surface area contributed by atoms with Crippen LogP contribution in [0.3, 0.4) is 0 Å². The van der Waals surface area contributed by atoms with Crippen LogP contribution in [0.5, 0.6) is 0 Å². The van der Waals surface area contributed by atoms with Crippen LogP contribution in [0.15, 0.2) is 12.2 Å². The van der Waals surface area contributed by atoms with Crippen LogP contribution in [0.2, 0.25) is 0 Å². The first-order valence-electron chi connectivity index (χ1n) is 8.37. The van der Waals surface area contributed by atoms with Crippen molar-refractivity contribution in [1.29, 1.82) is 0 Å². The van der Waals surface area contributed by atoms with Gasteiger partial charge in [0.1, 0.15) is 0 Å². The minimum atomic E-state index is -0.732. The highest BCUT2D eigenvalue weighted by Crippen LogP contribution is 2.11. The van der Waals surface area contributed by atoms with E-state index < -0.39 is 12.1 Å². The Kier molecular flexibility index (Phi) is 15.0. The number of nitrogens with two attached hydrogens (primary N) is 1. The molecule has 122 valence electrons. The molecule has 0 amide bonds. The molecule has 3 heteroatoms. The number of rotatable bonds is 14. The summed E-state index contributed by atoms with van der Waals surface area (Å²) in [5, 5.41) is 18.3. The molecule has 0 aliphatic carbocycles. The molecular weight excluding hydrogens is 262 g/mol. The minimum absolute atomic E-state index is 0.186.